The molecular weight excluding hydrogens is 506 g/mol. The second-order valence-corrected chi connectivity index (χ2v) is 11.1. The number of aromatic nitrogens is 4. The van der Waals surface area contributed by atoms with E-state index < -0.39 is 10.0 Å². The number of aliphatic hydroxyl groups is 1. The lowest BCUT2D eigenvalue weighted by atomic mass is 10.1. The molecule has 1 saturated carbocycles. The maximum Gasteiger partial charge on any atom is 0.277 e. The summed E-state index contributed by atoms with van der Waals surface area (Å²) >= 11 is 0. The van der Waals surface area contributed by atoms with Crippen molar-refractivity contribution in [3.05, 3.63) is 69.9 Å². The van der Waals surface area contributed by atoms with E-state index in [1.54, 1.807) is 41.8 Å². The van der Waals surface area contributed by atoms with Crippen LogP contribution in [0.15, 0.2) is 52.2 Å². The van der Waals surface area contributed by atoms with Gasteiger partial charge in [0.2, 0.25) is 0 Å². The Hall–Kier alpha value is -3.70. The van der Waals surface area contributed by atoms with Crippen LogP contribution in [-0.4, -0.2) is 46.3 Å². The fourth-order valence-corrected chi connectivity index (χ4v) is 6.07. The Morgan fingerprint density at radius 3 is 2.58 bits per heavy atom. The van der Waals surface area contributed by atoms with E-state index in [-0.39, 0.29) is 28.8 Å². The lowest BCUT2D eigenvalue weighted by molar-refractivity contribution is 0.299. The molecule has 2 aromatic carbocycles. The number of rotatable bonds is 9. The third kappa shape index (κ3) is 5.03. The number of aromatic amines is 1. The van der Waals surface area contributed by atoms with Gasteiger partial charge in [-0.1, -0.05) is 25.0 Å². The summed E-state index contributed by atoms with van der Waals surface area (Å²) in [4.78, 5) is 20.6. The molecule has 3 N–H and O–H groups in total. The SMILES string of the molecule is CCOc1ccc(S(=O)(=O)Nc2ccc(CCO)cc2)cc1-c1nn2c(C3CCCC3)nc(C)c2c(=O)[nH]1. The Balaban J connectivity index is 1.57. The van der Waals surface area contributed by atoms with Gasteiger partial charge in [-0.3, -0.25) is 9.52 Å². The minimum Gasteiger partial charge on any atom is -0.493 e. The average molecular weight is 538 g/mol. The summed E-state index contributed by atoms with van der Waals surface area (Å²) in [6, 6.07) is 11.3. The number of fused-ring (bicyclic) bond motifs is 1. The Labute approximate surface area is 220 Å². The van der Waals surface area contributed by atoms with Gasteiger partial charge in [0.1, 0.15) is 11.6 Å². The van der Waals surface area contributed by atoms with Crippen LogP contribution in [0.25, 0.3) is 16.9 Å². The maximum absolute atomic E-state index is 13.3. The van der Waals surface area contributed by atoms with Crippen LogP contribution in [0.5, 0.6) is 5.75 Å². The highest BCUT2D eigenvalue weighted by Gasteiger charge is 2.26. The van der Waals surface area contributed by atoms with Gasteiger partial charge in [-0.25, -0.2) is 17.9 Å². The predicted molar refractivity (Wildman–Crippen MR) is 144 cm³/mol. The van der Waals surface area contributed by atoms with Gasteiger partial charge in [0.25, 0.3) is 15.6 Å². The molecule has 200 valence electrons. The van der Waals surface area contributed by atoms with Crippen molar-refractivity contribution in [1.82, 2.24) is 19.6 Å². The molecule has 0 unspecified atom stereocenters. The molecule has 4 aromatic rings. The average Bonchev–Trinajstić information content (AvgIpc) is 3.54. The number of hydrogen-bond donors (Lipinski definition) is 3. The molecule has 1 fully saturated rings. The fraction of sp³-hybridized carbons (Fsp3) is 0.370. The van der Waals surface area contributed by atoms with Crippen molar-refractivity contribution < 1.29 is 18.3 Å². The lowest BCUT2D eigenvalue weighted by Crippen LogP contribution is -2.17. The van der Waals surface area contributed by atoms with Gasteiger partial charge in [-0.05, 0) is 69.0 Å². The Morgan fingerprint density at radius 2 is 1.89 bits per heavy atom. The second-order valence-electron chi connectivity index (χ2n) is 9.47. The van der Waals surface area contributed by atoms with Crippen LogP contribution in [0, 0.1) is 6.92 Å². The summed E-state index contributed by atoms with van der Waals surface area (Å²) in [5.41, 5.74) is 2.31. The molecule has 0 bridgehead atoms. The second kappa shape index (κ2) is 10.6. The minimum absolute atomic E-state index is 0.00374. The highest BCUT2D eigenvalue weighted by Crippen LogP contribution is 2.35. The summed E-state index contributed by atoms with van der Waals surface area (Å²) in [7, 11) is -3.96. The van der Waals surface area contributed by atoms with Gasteiger partial charge in [-0.15, -0.1) is 5.10 Å². The molecule has 2 heterocycles. The smallest absolute Gasteiger partial charge is 0.277 e. The molecule has 2 aromatic heterocycles. The van der Waals surface area contributed by atoms with E-state index in [9.17, 15) is 13.2 Å². The molecule has 38 heavy (non-hydrogen) atoms. The molecule has 0 aliphatic heterocycles. The largest absolute Gasteiger partial charge is 0.493 e. The quantitative estimate of drug-likeness (QED) is 0.295. The highest BCUT2D eigenvalue weighted by molar-refractivity contribution is 7.92. The number of imidazole rings is 1. The number of H-pyrrole nitrogens is 1. The van der Waals surface area contributed by atoms with E-state index in [1.807, 2.05) is 6.92 Å². The number of anilines is 1. The minimum atomic E-state index is -3.96. The fourth-order valence-electron chi connectivity index (χ4n) is 4.99. The maximum atomic E-state index is 13.3. The third-order valence-corrected chi connectivity index (χ3v) is 8.22. The van der Waals surface area contributed by atoms with Crippen molar-refractivity contribution in [2.24, 2.45) is 0 Å². The van der Waals surface area contributed by atoms with Crippen LogP contribution in [0.4, 0.5) is 5.69 Å². The number of nitrogens with one attached hydrogen (secondary N) is 2. The number of sulfonamides is 1. The van der Waals surface area contributed by atoms with Crippen LogP contribution >= 0.6 is 0 Å². The molecule has 0 amide bonds. The zero-order chi connectivity index (χ0) is 26.9. The Bertz CT molecular complexity index is 1620. The normalized spacial score (nSPS) is 14.3. The number of benzene rings is 2. The summed E-state index contributed by atoms with van der Waals surface area (Å²) < 4.78 is 36.5. The van der Waals surface area contributed by atoms with Crippen molar-refractivity contribution in [2.75, 3.05) is 17.9 Å². The number of nitrogens with zero attached hydrogens (tertiary/aromatic N) is 3. The van der Waals surface area contributed by atoms with E-state index in [4.69, 9.17) is 14.9 Å². The van der Waals surface area contributed by atoms with E-state index >= 15 is 0 Å². The summed E-state index contributed by atoms with van der Waals surface area (Å²) in [6.07, 6.45) is 4.70. The molecule has 0 radical (unpaired) electrons. The van der Waals surface area contributed by atoms with Gasteiger partial charge in [0.15, 0.2) is 11.3 Å². The van der Waals surface area contributed by atoms with E-state index in [0.717, 1.165) is 37.1 Å². The summed E-state index contributed by atoms with van der Waals surface area (Å²) in [5, 5.41) is 13.8. The van der Waals surface area contributed by atoms with Crippen molar-refractivity contribution >= 4 is 21.2 Å². The van der Waals surface area contributed by atoms with Crippen molar-refractivity contribution in [3.63, 3.8) is 0 Å². The molecule has 5 rings (SSSR count). The lowest BCUT2D eigenvalue weighted by Gasteiger charge is -2.14. The van der Waals surface area contributed by atoms with Gasteiger partial charge in [-0.2, -0.15) is 0 Å². The molecule has 11 heteroatoms. The first-order valence-electron chi connectivity index (χ1n) is 12.8. The van der Waals surface area contributed by atoms with Crippen LogP contribution in [0.3, 0.4) is 0 Å². The zero-order valence-electron chi connectivity index (χ0n) is 21.4. The first-order valence-corrected chi connectivity index (χ1v) is 14.3. The van der Waals surface area contributed by atoms with Crippen LogP contribution < -0.4 is 15.0 Å². The number of hydrogen-bond acceptors (Lipinski definition) is 7. The van der Waals surface area contributed by atoms with Crippen molar-refractivity contribution in [2.45, 2.75) is 56.8 Å². The van der Waals surface area contributed by atoms with Crippen LogP contribution in [0.1, 0.15) is 55.6 Å². The van der Waals surface area contributed by atoms with Gasteiger partial charge >= 0.3 is 0 Å². The first-order chi connectivity index (χ1) is 18.3. The molecule has 0 saturated heterocycles. The zero-order valence-corrected chi connectivity index (χ0v) is 22.2. The Morgan fingerprint density at radius 1 is 1.16 bits per heavy atom. The van der Waals surface area contributed by atoms with E-state index in [1.165, 1.54) is 12.1 Å². The topological polar surface area (TPSA) is 139 Å². The number of aliphatic hydroxyl groups excluding tert-OH is 1. The molecule has 0 spiro atoms. The van der Waals surface area contributed by atoms with Gasteiger partial charge in [0, 0.05) is 18.2 Å². The number of ether oxygens (including phenoxy) is 1. The summed E-state index contributed by atoms with van der Waals surface area (Å²) in [5.74, 6) is 1.59. The number of aryl methyl sites for hydroxylation is 1. The molecule has 1 aliphatic carbocycles. The van der Waals surface area contributed by atoms with Crippen molar-refractivity contribution in [1.29, 1.82) is 0 Å². The van der Waals surface area contributed by atoms with Gasteiger partial charge < -0.3 is 14.8 Å². The predicted octanol–water partition coefficient (Wildman–Crippen LogP) is 3.78. The molecule has 0 atom stereocenters. The van der Waals surface area contributed by atoms with Crippen LogP contribution in [0.2, 0.25) is 0 Å². The standard InChI is InChI=1S/C27H31N5O5S/c1-3-37-23-13-12-21(38(35,36)31-20-10-8-18(9-11-20)14-15-33)16-22(23)25-29-27(34)24-17(2)28-26(32(24)30-25)19-6-4-5-7-19/h8-13,16,19,31,33H,3-7,14-15H2,1-2H3,(H,29,30,34). The van der Waals surface area contributed by atoms with Crippen LogP contribution in [-0.2, 0) is 16.4 Å². The third-order valence-electron chi connectivity index (χ3n) is 6.84. The van der Waals surface area contributed by atoms with E-state index in [0.29, 0.717) is 41.2 Å². The summed E-state index contributed by atoms with van der Waals surface area (Å²) in [6.45, 7) is 3.99. The monoisotopic (exact) mass is 537 g/mol. The highest BCUT2D eigenvalue weighted by atomic mass is 32.2. The molecule has 10 nitrogen and oxygen atoms in total. The first kappa shape index (κ1) is 25.9. The van der Waals surface area contributed by atoms with Crippen molar-refractivity contribution in [3.8, 4) is 17.1 Å². The van der Waals surface area contributed by atoms with E-state index in [2.05, 4.69) is 14.7 Å². The molecule has 1 aliphatic rings. The van der Waals surface area contributed by atoms with Gasteiger partial charge in [0.05, 0.1) is 22.8 Å². The Kier molecular flexibility index (Phi) is 7.22. The molecular formula is C27H31N5O5S.